The van der Waals surface area contributed by atoms with Crippen molar-refractivity contribution in [1.82, 2.24) is 0 Å². The topological polar surface area (TPSA) is 17.1 Å². The third-order valence-corrected chi connectivity index (χ3v) is 2.19. The van der Waals surface area contributed by atoms with Crippen LogP contribution in [-0.4, -0.2) is 5.24 Å². The molecule has 0 fully saturated rings. The molecule has 0 amide bonds. The average Bonchev–Trinajstić information content (AvgIpc) is 1.99. The van der Waals surface area contributed by atoms with Crippen molar-refractivity contribution in [2.45, 2.75) is 6.42 Å². The first-order valence-corrected chi connectivity index (χ1v) is 4.46. The Morgan fingerprint density at radius 2 is 1.92 bits per heavy atom. The van der Waals surface area contributed by atoms with Gasteiger partial charge >= 0.3 is 0 Å². The van der Waals surface area contributed by atoms with Crippen LogP contribution in [0.15, 0.2) is 12.1 Å². The largest absolute Gasteiger partial charge is 0.281 e. The highest BCUT2D eigenvalue weighted by Gasteiger charge is 2.09. The number of halogens is 4. The Bertz CT molecular complexity index is 351. The summed E-state index contributed by atoms with van der Waals surface area (Å²) in [5.41, 5.74) is 0.337. The zero-order chi connectivity index (χ0) is 10.0. The van der Waals surface area contributed by atoms with E-state index in [2.05, 4.69) is 0 Å². The van der Waals surface area contributed by atoms with E-state index < -0.39 is 11.1 Å². The van der Waals surface area contributed by atoms with Crippen molar-refractivity contribution >= 4 is 40.0 Å². The predicted molar refractivity (Wildman–Crippen MR) is 51.0 cm³/mol. The van der Waals surface area contributed by atoms with Gasteiger partial charge in [0.15, 0.2) is 0 Å². The maximum absolute atomic E-state index is 12.9. The molecule has 1 nitrogen and oxygen atoms in total. The molecule has 70 valence electrons. The smallest absolute Gasteiger partial charge is 0.226 e. The Balaban J connectivity index is 3.08. The van der Waals surface area contributed by atoms with Crippen molar-refractivity contribution in [3.63, 3.8) is 0 Å². The Hall–Kier alpha value is -0.310. The highest BCUT2D eigenvalue weighted by molar-refractivity contribution is 6.63. The Kier molecular flexibility index (Phi) is 3.54. The molecular formula is C8H4Cl3FO. The SMILES string of the molecule is O=C(Cl)Cc1cc(F)c(Cl)cc1Cl. The fraction of sp³-hybridized carbons (Fsp3) is 0.125. The fourth-order valence-corrected chi connectivity index (χ4v) is 1.44. The molecule has 0 saturated heterocycles. The zero-order valence-electron chi connectivity index (χ0n) is 6.28. The van der Waals surface area contributed by atoms with E-state index in [9.17, 15) is 9.18 Å². The van der Waals surface area contributed by atoms with Gasteiger partial charge in [0.25, 0.3) is 0 Å². The number of carbonyl (C=O) groups is 1. The predicted octanol–water partition coefficient (Wildman–Crippen LogP) is 3.44. The van der Waals surface area contributed by atoms with Gasteiger partial charge in [-0.05, 0) is 29.3 Å². The lowest BCUT2D eigenvalue weighted by molar-refractivity contribution is -0.111. The number of benzene rings is 1. The Labute approximate surface area is 89.4 Å². The minimum atomic E-state index is -0.612. The van der Waals surface area contributed by atoms with Crippen molar-refractivity contribution in [3.8, 4) is 0 Å². The summed E-state index contributed by atoms with van der Waals surface area (Å²) >= 11 is 16.3. The van der Waals surface area contributed by atoms with Crippen molar-refractivity contribution in [2.75, 3.05) is 0 Å². The van der Waals surface area contributed by atoms with Crippen molar-refractivity contribution in [3.05, 3.63) is 33.6 Å². The molecule has 5 heteroatoms. The molecule has 1 rings (SSSR count). The lowest BCUT2D eigenvalue weighted by Crippen LogP contribution is -1.95. The van der Waals surface area contributed by atoms with Crippen LogP contribution >= 0.6 is 34.8 Å². The monoisotopic (exact) mass is 240 g/mol. The van der Waals surface area contributed by atoms with Gasteiger partial charge in [0.2, 0.25) is 5.24 Å². The zero-order valence-corrected chi connectivity index (χ0v) is 8.55. The van der Waals surface area contributed by atoms with Gasteiger partial charge in [0, 0.05) is 11.4 Å². The normalized spacial score (nSPS) is 10.2. The first kappa shape index (κ1) is 10.8. The van der Waals surface area contributed by atoms with Crippen molar-refractivity contribution in [1.29, 1.82) is 0 Å². The summed E-state index contributed by atoms with van der Waals surface area (Å²) in [7, 11) is 0. The number of rotatable bonds is 2. The minimum Gasteiger partial charge on any atom is -0.281 e. The number of carbonyl (C=O) groups excluding carboxylic acids is 1. The van der Waals surface area contributed by atoms with Gasteiger partial charge in [-0.2, -0.15) is 0 Å². The quantitative estimate of drug-likeness (QED) is 0.572. The van der Waals surface area contributed by atoms with Crippen LogP contribution in [0.2, 0.25) is 10.0 Å². The molecule has 0 aliphatic heterocycles. The van der Waals surface area contributed by atoms with Crippen LogP contribution in [-0.2, 0) is 11.2 Å². The molecule has 1 aromatic carbocycles. The summed E-state index contributed by atoms with van der Waals surface area (Å²) in [6, 6.07) is 2.35. The van der Waals surface area contributed by atoms with Crippen LogP contribution in [0.1, 0.15) is 5.56 Å². The molecule has 0 unspecified atom stereocenters. The Morgan fingerprint density at radius 3 is 2.46 bits per heavy atom. The van der Waals surface area contributed by atoms with Crippen LogP contribution in [0.25, 0.3) is 0 Å². The van der Waals surface area contributed by atoms with E-state index in [1.54, 1.807) is 0 Å². The Morgan fingerprint density at radius 1 is 1.31 bits per heavy atom. The minimum absolute atomic E-state index is 0.0734. The van der Waals surface area contributed by atoms with E-state index in [0.29, 0.717) is 5.56 Å². The standard InChI is InChI=1S/C8H4Cl3FO/c9-5-3-6(10)7(12)1-4(5)2-8(11)13/h1,3H,2H2. The second kappa shape index (κ2) is 4.27. The van der Waals surface area contributed by atoms with Gasteiger partial charge in [-0.1, -0.05) is 23.2 Å². The second-order valence-corrected chi connectivity index (χ2v) is 3.63. The van der Waals surface area contributed by atoms with Crippen LogP contribution in [0.5, 0.6) is 0 Å². The molecule has 0 bridgehead atoms. The van der Waals surface area contributed by atoms with E-state index in [0.717, 1.165) is 6.07 Å². The summed E-state index contributed by atoms with van der Waals surface area (Å²) in [6.07, 6.45) is -0.103. The van der Waals surface area contributed by atoms with Crippen LogP contribution in [0.4, 0.5) is 4.39 Å². The van der Waals surface area contributed by atoms with E-state index in [1.165, 1.54) is 6.07 Å². The highest BCUT2D eigenvalue weighted by Crippen LogP contribution is 2.24. The molecule has 0 N–H and O–H groups in total. The molecule has 0 aliphatic carbocycles. The molecule has 0 radical (unpaired) electrons. The fourth-order valence-electron chi connectivity index (χ4n) is 0.849. The molecule has 1 aromatic rings. The third-order valence-electron chi connectivity index (χ3n) is 1.42. The van der Waals surface area contributed by atoms with Crippen LogP contribution in [0.3, 0.4) is 0 Å². The van der Waals surface area contributed by atoms with Gasteiger partial charge in [0.1, 0.15) is 5.82 Å². The summed E-state index contributed by atoms with van der Waals surface area (Å²) in [4.78, 5) is 10.5. The molecule has 0 spiro atoms. The van der Waals surface area contributed by atoms with Crippen molar-refractivity contribution in [2.24, 2.45) is 0 Å². The first-order chi connectivity index (χ1) is 6.00. The second-order valence-electron chi connectivity index (χ2n) is 2.39. The molecule has 13 heavy (non-hydrogen) atoms. The summed E-state index contributed by atoms with van der Waals surface area (Å²) < 4.78 is 12.9. The van der Waals surface area contributed by atoms with E-state index in [-0.39, 0.29) is 16.5 Å². The van der Waals surface area contributed by atoms with Crippen LogP contribution in [0, 0.1) is 5.82 Å². The molecule has 0 atom stereocenters. The summed E-state index contributed by atoms with van der Waals surface area (Å²) in [5.74, 6) is -0.612. The lowest BCUT2D eigenvalue weighted by Gasteiger charge is -2.02. The van der Waals surface area contributed by atoms with Crippen molar-refractivity contribution < 1.29 is 9.18 Å². The summed E-state index contributed by atoms with van der Waals surface area (Å²) in [5, 5.41) is -0.431. The number of hydrogen-bond donors (Lipinski definition) is 0. The molecule has 0 aromatic heterocycles. The third kappa shape index (κ3) is 2.83. The molecule has 0 saturated carbocycles. The van der Waals surface area contributed by atoms with Gasteiger partial charge < -0.3 is 0 Å². The van der Waals surface area contributed by atoms with E-state index >= 15 is 0 Å². The van der Waals surface area contributed by atoms with E-state index in [4.69, 9.17) is 34.8 Å². The van der Waals surface area contributed by atoms with Gasteiger partial charge in [-0.25, -0.2) is 4.39 Å². The van der Waals surface area contributed by atoms with Crippen LogP contribution < -0.4 is 0 Å². The average molecular weight is 241 g/mol. The molecular weight excluding hydrogens is 237 g/mol. The summed E-state index contributed by atoms with van der Waals surface area (Å²) in [6.45, 7) is 0. The maximum atomic E-state index is 12.9. The lowest BCUT2D eigenvalue weighted by atomic mass is 10.1. The van der Waals surface area contributed by atoms with Gasteiger partial charge in [0.05, 0.1) is 5.02 Å². The first-order valence-electron chi connectivity index (χ1n) is 3.32. The molecule has 0 aliphatic rings. The van der Waals surface area contributed by atoms with Gasteiger partial charge in [-0.15, -0.1) is 0 Å². The van der Waals surface area contributed by atoms with E-state index in [1.807, 2.05) is 0 Å². The maximum Gasteiger partial charge on any atom is 0.226 e. The highest BCUT2D eigenvalue weighted by atomic mass is 35.5. The number of hydrogen-bond acceptors (Lipinski definition) is 1. The molecule has 0 heterocycles. The van der Waals surface area contributed by atoms with Gasteiger partial charge in [-0.3, -0.25) is 4.79 Å².